The van der Waals surface area contributed by atoms with Crippen LogP contribution in [0.3, 0.4) is 0 Å². The summed E-state index contributed by atoms with van der Waals surface area (Å²) in [7, 11) is 0. The Hall–Kier alpha value is -1.34. The number of nitrogens with zero attached hydrogens (tertiary/aromatic N) is 1. The Morgan fingerprint density at radius 2 is 2.09 bits per heavy atom. The number of amides is 1. The van der Waals surface area contributed by atoms with Gasteiger partial charge in [-0.05, 0) is 37.9 Å². The predicted octanol–water partition coefficient (Wildman–Crippen LogP) is 2.56. The molecule has 1 aliphatic heterocycles. The molecule has 0 aromatic carbocycles. The van der Waals surface area contributed by atoms with Crippen LogP contribution in [0.2, 0.25) is 0 Å². The largest absolute Gasteiger partial charge is 0.433 e. The monoisotopic (exact) mass is 337 g/mol. The fourth-order valence-corrected chi connectivity index (χ4v) is 2.39. The highest BCUT2D eigenvalue weighted by Gasteiger charge is 2.33. The van der Waals surface area contributed by atoms with Crippen molar-refractivity contribution in [1.82, 2.24) is 15.6 Å². The molecule has 22 heavy (non-hydrogen) atoms. The molecule has 0 saturated carbocycles. The highest BCUT2D eigenvalue weighted by molar-refractivity contribution is 5.95. The number of hydrogen-bond acceptors (Lipinski definition) is 3. The topological polar surface area (TPSA) is 54.0 Å². The molecular formula is C14H19ClF3N3O. The Balaban J connectivity index is 0.00000242. The summed E-state index contributed by atoms with van der Waals surface area (Å²) in [5.74, 6) is -0.0489. The van der Waals surface area contributed by atoms with Gasteiger partial charge in [-0.2, -0.15) is 13.2 Å². The molecule has 2 N–H and O–H groups in total. The van der Waals surface area contributed by atoms with Gasteiger partial charge in [0.1, 0.15) is 5.69 Å². The Morgan fingerprint density at radius 3 is 2.64 bits per heavy atom. The van der Waals surface area contributed by atoms with Crippen molar-refractivity contribution in [3.05, 3.63) is 29.1 Å². The van der Waals surface area contributed by atoms with Crippen LogP contribution >= 0.6 is 12.4 Å². The molecule has 2 atom stereocenters. The summed E-state index contributed by atoms with van der Waals surface area (Å²) in [6.45, 7) is 5.03. The van der Waals surface area contributed by atoms with Crippen LogP contribution in [0.15, 0.2) is 12.1 Å². The number of aromatic nitrogens is 1. The summed E-state index contributed by atoms with van der Waals surface area (Å²) in [6, 6.07) is 2.00. The molecule has 1 aliphatic rings. The van der Waals surface area contributed by atoms with E-state index in [0.717, 1.165) is 19.0 Å². The summed E-state index contributed by atoms with van der Waals surface area (Å²) in [4.78, 5) is 15.7. The fourth-order valence-electron chi connectivity index (χ4n) is 2.39. The van der Waals surface area contributed by atoms with Crippen LogP contribution < -0.4 is 10.6 Å². The van der Waals surface area contributed by atoms with Gasteiger partial charge < -0.3 is 10.6 Å². The van der Waals surface area contributed by atoms with Gasteiger partial charge in [0, 0.05) is 12.6 Å². The standard InChI is InChI=1S/C14H18F3N3O.ClH/c1-8-5-6-18-7-11(8)20-13(21)10-3-4-12(14(15,16)17)19-9(10)2;/h3-4,8,11,18H,5-7H2,1-2H3,(H,20,21);1H. The number of halogens is 4. The number of aryl methyl sites for hydroxylation is 1. The second-order valence-electron chi connectivity index (χ2n) is 5.38. The Bertz CT molecular complexity index is 537. The minimum absolute atomic E-state index is 0. The molecule has 1 aromatic rings. The molecule has 4 nitrogen and oxygen atoms in total. The van der Waals surface area contributed by atoms with Crippen LogP contribution in [0, 0.1) is 12.8 Å². The maximum atomic E-state index is 12.6. The van der Waals surface area contributed by atoms with Gasteiger partial charge >= 0.3 is 6.18 Å². The summed E-state index contributed by atoms with van der Waals surface area (Å²) in [5, 5.41) is 6.05. The lowest BCUT2D eigenvalue weighted by atomic mass is 9.94. The molecule has 1 fully saturated rings. The molecule has 1 amide bonds. The molecular weight excluding hydrogens is 319 g/mol. The van der Waals surface area contributed by atoms with Crippen molar-refractivity contribution in [1.29, 1.82) is 0 Å². The zero-order chi connectivity index (χ0) is 15.6. The SMILES string of the molecule is Cc1nc(C(F)(F)F)ccc1C(=O)NC1CNCCC1C.Cl. The number of rotatable bonds is 2. The smallest absolute Gasteiger partial charge is 0.348 e. The van der Waals surface area contributed by atoms with Crippen LogP contribution in [0.1, 0.15) is 35.1 Å². The molecule has 2 heterocycles. The predicted molar refractivity (Wildman–Crippen MR) is 79.1 cm³/mol. The van der Waals surface area contributed by atoms with Gasteiger partial charge in [-0.15, -0.1) is 12.4 Å². The Kier molecular flexibility index (Phi) is 6.19. The molecule has 8 heteroatoms. The molecule has 0 aliphatic carbocycles. The normalized spacial score (nSPS) is 21.9. The first-order valence-electron chi connectivity index (χ1n) is 6.85. The van der Waals surface area contributed by atoms with Gasteiger partial charge in [-0.1, -0.05) is 6.92 Å². The van der Waals surface area contributed by atoms with Crippen LogP contribution in [0.25, 0.3) is 0 Å². The van der Waals surface area contributed by atoms with Gasteiger partial charge in [0.25, 0.3) is 5.91 Å². The first-order valence-corrected chi connectivity index (χ1v) is 6.85. The molecule has 0 bridgehead atoms. The Labute approximate surface area is 133 Å². The number of piperidine rings is 1. The van der Waals surface area contributed by atoms with E-state index in [2.05, 4.69) is 15.6 Å². The quantitative estimate of drug-likeness (QED) is 0.872. The van der Waals surface area contributed by atoms with Crippen LogP contribution in [-0.4, -0.2) is 30.0 Å². The van der Waals surface area contributed by atoms with Gasteiger partial charge in [0.15, 0.2) is 0 Å². The van der Waals surface area contributed by atoms with E-state index < -0.39 is 11.9 Å². The molecule has 2 unspecified atom stereocenters. The van der Waals surface area contributed by atoms with Gasteiger partial charge in [0.05, 0.1) is 11.3 Å². The second-order valence-corrected chi connectivity index (χ2v) is 5.38. The van der Waals surface area contributed by atoms with E-state index in [0.29, 0.717) is 12.5 Å². The molecule has 0 spiro atoms. The van der Waals surface area contributed by atoms with E-state index in [1.165, 1.54) is 13.0 Å². The van der Waals surface area contributed by atoms with Crippen molar-refractivity contribution in [3.63, 3.8) is 0 Å². The van der Waals surface area contributed by atoms with E-state index >= 15 is 0 Å². The third-order valence-corrected chi connectivity index (χ3v) is 3.76. The van der Waals surface area contributed by atoms with Crippen molar-refractivity contribution in [2.75, 3.05) is 13.1 Å². The van der Waals surface area contributed by atoms with Crippen LogP contribution in [0.5, 0.6) is 0 Å². The minimum Gasteiger partial charge on any atom is -0.348 e. The van der Waals surface area contributed by atoms with Crippen molar-refractivity contribution in [2.45, 2.75) is 32.5 Å². The lowest BCUT2D eigenvalue weighted by molar-refractivity contribution is -0.141. The average molecular weight is 338 g/mol. The minimum atomic E-state index is -4.50. The number of carbonyl (C=O) groups is 1. The molecule has 1 aromatic heterocycles. The summed E-state index contributed by atoms with van der Waals surface area (Å²) in [6.07, 6.45) is -3.54. The zero-order valence-electron chi connectivity index (χ0n) is 12.3. The van der Waals surface area contributed by atoms with E-state index in [1.54, 1.807) is 0 Å². The number of pyridine rings is 1. The first kappa shape index (κ1) is 18.7. The van der Waals surface area contributed by atoms with Crippen molar-refractivity contribution < 1.29 is 18.0 Å². The summed E-state index contributed by atoms with van der Waals surface area (Å²) in [5.41, 5.74) is -0.719. The lowest BCUT2D eigenvalue weighted by Crippen LogP contribution is -2.50. The highest BCUT2D eigenvalue weighted by atomic mass is 35.5. The zero-order valence-corrected chi connectivity index (χ0v) is 13.1. The van der Waals surface area contributed by atoms with E-state index in [-0.39, 0.29) is 35.6 Å². The molecule has 1 saturated heterocycles. The third kappa shape index (κ3) is 4.33. The number of nitrogens with one attached hydrogen (secondary N) is 2. The van der Waals surface area contributed by atoms with Crippen LogP contribution in [-0.2, 0) is 6.18 Å². The van der Waals surface area contributed by atoms with E-state index in [4.69, 9.17) is 0 Å². The third-order valence-electron chi connectivity index (χ3n) is 3.76. The molecule has 0 radical (unpaired) electrons. The molecule has 124 valence electrons. The average Bonchev–Trinajstić information content (AvgIpc) is 2.40. The maximum Gasteiger partial charge on any atom is 0.433 e. The number of alkyl halides is 3. The lowest BCUT2D eigenvalue weighted by Gasteiger charge is -2.30. The highest BCUT2D eigenvalue weighted by Crippen LogP contribution is 2.28. The summed E-state index contributed by atoms with van der Waals surface area (Å²) < 4.78 is 37.7. The van der Waals surface area contributed by atoms with E-state index in [9.17, 15) is 18.0 Å². The second kappa shape index (κ2) is 7.28. The van der Waals surface area contributed by atoms with E-state index in [1.807, 2.05) is 6.92 Å². The van der Waals surface area contributed by atoms with Crippen molar-refractivity contribution >= 4 is 18.3 Å². The number of carbonyl (C=O) groups excluding carboxylic acids is 1. The van der Waals surface area contributed by atoms with Crippen LogP contribution in [0.4, 0.5) is 13.2 Å². The van der Waals surface area contributed by atoms with Crippen molar-refractivity contribution in [3.8, 4) is 0 Å². The Morgan fingerprint density at radius 1 is 1.41 bits per heavy atom. The van der Waals surface area contributed by atoms with Gasteiger partial charge in [-0.25, -0.2) is 4.98 Å². The first-order chi connectivity index (χ1) is 9.79. The van der Waals surface area contributed by atoms with Crippen molar-refractivity contribution in [2.24, 2.45) is 5.92 Å². The summed E-state index contributed by atoms with van der Waals surface area (Å²) >= 11 is 0. The maximum absolute atomic E-state index is 12.6. The van der Waals surface area contributed by atoms with Gasteiger partial charge in [0.2, 0.25) is 0 Å². The van der Waals surface area contributed by atoms with Gasteiger partial charge in [-0.3, -0.25) is 4.79 Å². The molecule has 2 rings (SSSR count). The fraction of sp³-hybridized carbons (Fsp3) is 0.571. The number of hydrogen-bond donors (Lipinski definition) is 2.